The topological polar surface area (TPSA) is 143 Å². The van der Waals surface area contributed by atoms with Gasteiger partial charge >= 0.3 is 0 Å². The molecule has 0 spiro atoms. The Morgan fingerprint density at radius 1 is 1.27 bits per heavy atom. The molecule has 0 amide bonds. The number of aliphatic hydroxyl groups is 4. The van der Waals surface area contributed by atoms with Crippen LogP contribution < -0.4 is 4.74 Å². The van der Waals surface area contributed by atoms with E-state index >= 15 is 0 Å². The normalized spacial score (nSPS) is 31.8. The van der Waals surface area contributed by atoms with Crippen LogP contribution >= 0.6 is 0 Å². The summed E-state index contributed by atoms with van der Waals surface area (Å²) >= 11 is 0. The van der Waals surface area contributed by atoms with Crippen LogP contribution in [-0.4, -0.2) is 62.7 Å². The molecular formula is C13H17NO8. The molecule has 1 aromatic carbocycles. The maximum Gasteiger partial charge on any atom is 0.269 e. The van der Waals surface area contributed by atoms with Crippen molar-refractivity contribution in [1.29, 1.82) is 0 Å². The van der Waals surface area contributed by atoms with Crippen molar-refractivity contribution >= 4 is 5.69 Å². The minimum Gasteiger partial charge on any atom is -0.462 e. The highest BCUT2D eigenvalue weighted by atomic mass is 16.7. The molecule has 22 heavy (non-hydrogen) atoms. The highest BCUT2D eigenvalue weighted by molar-refractivity contribution is 5.43. The van der Waals surface area contributed by atoms with E-state index in [9.17, 15) is 25.4 Å². The zero-order chi connectivity index (χ0) is 16.4. The number of rotatable bonds is 4. The lowest BCUT2D eigenvalue weighted by molar-refractivity contribution is -0.384. The number of ether oxygens (including phenoxy) is 2. The molecule has 0 aliphatic carbocycles. The van der Waals surface area contributed by atoms with Crippen LogP contribution in [0.3, 0.4) is 0 Å². The number of hydrogen-bond donors (Lipinski definition) is 4. The average molecular weight is 315 g/mol. The first-order valence-corrected chi connectivity index (χ1v) is 6.57. The summed E-state index contributed by atoms with van der Waals surface area (Å²) in [6.45, 7) is 1.01. The van der Waals surface area contributed by atoms with E-state index in [-0.39, 0.29) is 11.4 Å². The predicted molar refractivity (Wildman–Crippen MR) is 72.2 cm³/mol. The van der Waals surface area contributed by atoms with Crippen molar-refractivity contribution in [2.75, 3.05) is 6.61 Å². The lowest BCUT2D eigenvalue weighted by Crippen LogP contribution is -2.60. The third kappa shape index (κ3) is 3.18. The molecule has 0 saturated carbocycles. The number of nitro benzene ring substituents is 1. The monoisotopic (exact) mass is 315 g/mol. The molecule has 1 aliphatic rings. The number of aryl methyl sites for hydroxylation is 1. The molecule has 1 aromatic rings. The zero-order valence-corrected chi connectivity index (χ0v) is 11.7. The second kappa shape index (κ2) is 6.55. The van der Waals surface area contributed by atoms with Gasteiger partial charge in [0.1, 0.15) is 30.2 Å². The molecule has 1 aliphatic heterocycles. The largest absolute Gasteiger partial charge is 0.462 e. The van der Waals surface area contributed by atoms with E-state index in [1.165, 1.54) is 18.2 Å². The maximum atomic E-state index is 10.7. The Kier molecular flexibility index (Phi) is 4.94. The first-order valence-electron chi connectivity index (χ1n) is 6.57. The van der Waals surface area contributed by atoms with Gasteiger partial charge in [0.2, 0.25) is 6.29 Å². The first-order chi connectivity index (χ1) is 10.3. The molecule has 1 heterocycles. The van der Waals surface area contributed by atoms with Crippen molar-refractivity contribution in [2.24, 2.45) is 0 Å². The van der Waals surface area contributed by atoms with Gasteiger partial charge in [-0.05, 0) is 18.6 Å². The predicted octanol–water partition coefficient (Wildman–Crippen LogP) is -0.918. The molecule has 1 saturated heterocycles. The number of aliphatic hydroxyl groups excluding tert-OH is 4. The Morgan fingerprint density at radius 2 is 1.95 bits per heavy atom. The summed E-state index contributed by atoms with van der Waals surface area (Å²) < 4.78 is 10.6. The van der Waals surface area contributed by atoms with E-state index in [0.29, 0.717) is 5.56 Å². The summed E-state index contributed by atoms with van der Waals surface area (Å²) in [5.41, 5.74) is 0.324. The Bertz CT molecular complexity index is 549. The third-order valence-corrected chi connectivity index (χ3v) is 3.46. The Labute approximate surface area is 125 Å². The van der Waals surface area contributed by atoms with Crippen molar-refractivity contribution in [1.82, 2.24) is 0 Å². The van der Waals surface area contributed by atoms with Gasteiger partial charge in [-0.3, -0.25) is 10.1 Å². The van der Waals surface area contributed by atoms with Gasteiger partial charge in [-0.25, -0.2) is 0 Å². The van der Waals surface area contributed by atoms with Crippen LogP contribution in [-0.2, 0) is 4.74 Å². The number of non-ortho nitro benzene ring substituents is 1. The van der Waals surface area contributed by atoms with E-state index in [4.69, 9.17) is 14.6 Å². The fourth-order valence-electron chi connectivity index (χ4n) is 2.17. The number of nitrogens with zero attached hydrogens (tertiary/aromatic N) is 1. The van der Waals surface area contributed by atoms with E-state index in [0.717, 1.165) is 0 Å². The van der Waals surface area contributed by atoms with E-state index in [1.54, 1.807) is 6.92 Å². The summed E-state index contributed by atoms with van der Waals surface area (Å²) in [7, 11) is 0. The molecule has 2 rings (SSSR count). The molecule has 9 heteroatoms. The molecule has 1 fully saturated rings. The van der Waals surface area contributed by atoms with Crippen LogP contribution in [0.1, 0.15) is 5.56 Å². The van der Waals surface area contributed by atoms with Crippen LogP contribution in [0.25, 0.3) is 0 Å². The van der Waals surface area contributed by atoms with Gasteiger partial charge in [-0.15, -0.1) is 0 Å². The van der Waals surface area contributed by atoms with Crippen LogP contribution in [0.4, 0.5) is 5.69 Å². The Balaban J connectivity index is 2.17. The van der Waals surface area contributed by atoms with Crippen molar-refractivity contribution < 1.29 is 34.8 Å². The van der Waals surface area contributed by atoms with Crippen molar-refractivity contribution in [3.8, 4) is 5.75 Å². The summed E-state index contributed by atoms with van der Waals surface area (Å²) in [6.07, 6.45) is -6.96. The average Bonchev–Trinajstić information content (AvgIpc) is 2.49. The summed E-state index contributed by atoms with van der Waals surface area (Å²) in [6, 6.07) is 3.86. The second-order valence-corrected chi connectivity index (χ2v) is 5.02. The first kappa shape index (κ1) is 16.6. The maximum absolute atomic E-state index is 10.7. The fourth-order valence-corrected chi connectivity index (χ4v) is 2.17. The molecular weight excluding hydrogens is 298 g/mol. The third-order valence-electron chi connectivity index (χ3n) is 3.46. The lowest BCUT2D eigenvalue weighted by atomic mass is 9.99. The van der Waals surface area contributed by atoms with Crippen molar-refractivity contribution in [2.45, 2.75) is 37.6 Å². The van der Waals surface area contributed by atoms with Crippen LogP contribution in [0, 0.1) is 17.0 Å². The number of hydrogen-bond acceptors (Lipinski definition) is 8. The van der Waals surface area contributed by atoms with Crippen molar-refractivity contribution in [3.05, 3.63) is 33.9 Å². The Morgan fingerprint density at radius 3 is 2.50 bits per heavy atom. The van der Waals surface area contributed by atoms with Gasteiger partial charge in [-0.1, -0.05) is 0 Å². The van der Waals surface area contributed by atoms with Gasteiger partial charge in [0.25, 0.3) is 5.69 Å². The summed E-state index contributed by atoms with van der Waals surface area (Å²) in [5.74, 6) is 0.218. The van der Waals surface area contributed by atoms with E-state index in [2.05, 4.69) is 0 Å². The van der Waals surface area contributed by atoms with Crippen molar-refractivity contribution in [3.63, 3.8) is 0 Å². The second-order valence-electron chi connectivity index (χ2n) is 5.02. The molecule has 5 atom stereocenters. The zero-order valence-electron chi connectivity index (χ0n) is 11.7. The highest BCUT2D eigenvalue weighted by Crippen LogP contribution is 2.28. The van der Waals surface area contributed by atoms with Crippen LogP contribution in [0.2, 0.25) is 0 Å². The lowest BCUT2D eigenvalue weighted by Gasteiger charge is -2.39. The van der Waals surface area contributed by atoms with Gasteiger partial charge in [0.05, 0.1) is 11.5 Å². The molecule has 4 N–H and O–H groups in total. The molecule has 9 nitrogen and oxygen atoms in total. The van der Waals surface area contributed by atoms with E-state index < -0.39 is 42.2 Å². The van der Waals surface area contributed by atoms with Gasteiger partial charge < -0.3 is 29.9 Å². The Hall–Kier alpha value is -1.78. The standard InChI is InChI=1S/C13H17NO8/c1-6-4-7(14(19)20)2-3-8(6)21-13-12(18)11(17)10(16)9(5-15)22-13/h2-4,9-13,15-18H,5H2,1H3. The van der Waals surface area contributed by atoms with Crippen LogP contribution in [0.5, 0.6) is 5.75 Å². The molecule has 0 aromatic heterocycles. The van der Waals surface area contributed by atoms with Gasteiger partial charge in [-0.2, -0.15) is 0 Å². The summed E-state index contributed by atoms with van der Waals surface area (Å²) in [5, 5.41) is 49.0. The fraction of sp³-hybridized carbons (Fsp3) is 0.538. The quantitative estimate of drug-likeness (QED) is 0.413. The van der Waals surface area contributed by atoms with Crippen LogP contribution in [0.15, 0.2) is 18.2 Å². The SMILES string of the molecule is Cc1cc([N+](=O)[O-])ccc1OC1OC(CO)C(O)C(O)C1O. The number of benzene rings is 1. The molecule has 122 valence electrons. The molecule has 0 radical (unpaired) electrons. The number of nitro groups is 1. The van der Waals surface area contributed by atoms with E-state index in [1.807, 2.05) is 0 Å². The summed E-state index contributed by atoms with van der Waals surface area (Å²) in [4.78, 5) is 10.1. The van der Waals surface area contributed by atoms with Gasteiger partial charge in [0.15, 0.2) is 0 Å². The minimum atomic E-state index is -1.55. The molecule has 0 bridgehead atoms. The highest BCUT2D eigenvalue weighted by Gasteiger charge is 2.44. The smallest absolute Gasteiger partial charge is 0.269 e. The molecule has 5 unspecified atom stereocenters. The van der Waals surface area contributed by atoms with Gasteiger partial charge in [0, 0.05) is 12.1 Å². The minimum absolute atomic E-state index is 0.112.